The lowest BCUT2D eigenvalue weighted by Crippen LogP contribution is -2.31. The van der Waals surface area contributed by atoms with Crippen molar-refractivity contribution in [3.05, 3.63) is 60.1 Å². The van der Waals surface area contributed by atoms with Crippen molar-refractivity contribution in [2.24, 2.45) is 0 Å². The lowest BCUT2D eigenvalue weighted by molar-refractivity contribution is 0.294. The van der Waals surface area contributed by atoms with Crippen LogP contribution in [0.2, 0.25) is 0 Å². The van der Waals surface area contributed by atoms with Gasteiger partial charge in [0.05, 0.1) is 6.54 Å². The Morgan fingerprint density at radius 3 is 2.96 bits per heavy atom. The monoisotopic (exact) mass is 339 g/mol. The minimum atomic E-state index is 0.679. The largest absolute Gasteiger partial charge is 0.459 e. The number of rotatable bonds is 5. The molecule has 24 heavy (non-hydrogen) atoms. The van der Waals surface area contributed by atoms with Crippen LogP contribution in [0.4, 0.5) is 5.69 Å². The highest BCUT2D eigenvalue weighted by Crippen LogP contribution is 2.20. The molecule has 0 bridgehead atoms. The number of hydrogen-bond donors (Lipinski definition) is 1. The molecular weight excluding hydrogens is 318 g/mol. The van der Waals surface area contributed by atoms with Gasteiger partial charge in [0.2, 0.25) is 0 Å². The molecule has 5 heteroatoms. The summed E-state index contributed by atoms with van der Waals surface area (Å²) in [7, 11) is 0. The maximum atomic E-state index is 5.83. The number of nitrogens with zero attached hydrogens (tertiary/aromatic N) is 2. The van der Waals surface area contributed by atoms with Crippen molar-refractivity contribution in [2.75, 3.05) is 29.9 Å². The number of anilines is 1. The normalized spacial score (nSPS) is 15.7. The van der Waals surface area contributed by atoms with Gasteiger partial charge in [0.15, 0.2) is 0 Å². The lowest BCUT2D eigenvalue weighted by Gasteiger charge is -2.26. The van der Waals surface area contributed by atoms with Crippen molar-refractivity contribution in [3.63, 3.8) is 0 Å². The third kappa shape index (κ3) is 3.74. The van der Waals surface area contributed by atoms with E-state index >= 15 is 0 Å². The zero-order valence-electron chi connectivity index (χ0n) is 13.6. The molecule has 0 spiro atoms. The summed E-state index contributed by atoms with van der Waals surface area (Å²) in [5, 5.41) is 4.51. The van der Waals surface area contributed by atoms with E-state index < -0.39 is 0 Å². The second kappa shape index (κ2) is 7.28. The topological polar surface area (TPSA) is 41.3 Å². The van der Waals surface area contributed by atoms with Crippen LogP contribution in [0.15, 0.2) is 53.2 Å². The van der Waals surface area contributed by atoms with Gasteiger partial charge in [-0.3, -0.25) is 9.88 Å². The van der Waals surface area contributed by atoms with E-state index in [0.717, 1.165) is 29.0 Å². The Balaban J connectivity index is 1.39. The van der Waals surface area contributed by atoms with Gasteiger partial charge >= 0.3 is 0 Å². The molecule has 1 N–H and O–H groups in total. The van der Waals surface area contributed by atoms with Crippen molar-refractivity contribution in [3.8, 4) is 0 Å². The fourth-order valence-corrected chi connectivity index (χ4v) is 3.99. The highest BCUT2D eigenvalue weighted by Gasteiger charge is 2.11. The maximum Gasteiger partial charge on any atom is 0.137 e. The molecule has 1 aliphatic heterocycles. The second-order valence-corrected chi connectivity index (χ2v) is 7.29. The number of pyridine rings is 1. The Morgan fingerprint density at radius 1 is 1.17 bits per heavy atom. The molecule has 0 saturated carbocycles. The molecule has 0 radical (unpaired) electrons. The molecule has 0 atom stereocenters. The van der Waals surface area contributed by atoms with Crippen LogP contribution in [0.1, 0.15) is 11.3 Å². The quantitative estimate of drug-likeness (QED) is 0.761. The zero-order chi connectivity index (χ0) is 16.2. The molecule has 0 unspecified atom stereocenters. The first-order chi connectivity index (χ1) is 11.9. The fraction of sp³-hybridized carbons (Fsp3) is 0.316. The van der Waals surface area contributed by atoms with Gasteiger partial charge in [-0.1, -0.05) is 12.1 Å². The number of benzene rings is 1. The van der Waals surface area contributed by atoms with Gasteiger partial charge in [0.1, 0.15) is 11.3 Å². The van der Waals surface area contributed by atoms with E-state index in [-0.39, 0.29) is 0 Å². The maximum absolute atomic E-state index is 5.83. The third-order valence-corrected chi connectivity index (χ3v) is 5.21. The number of aromatic nitrogens is 1. The van der Waals surface area contributed by atoms with Gasteiger partial charge in [-0.25, -0.2) is 0 Å². The number of fused-ring (bicyclic) bond motifs is 1. The number of thioether (sulfide) groups is 1. The average Bonchev–Trinajstić information content (AvgIpc) is 3.04. The molecule has 4 nitrogen and oxygen atoms in total. The SMILES string of the molecule is c1cc(CN2CCSCC2)cc(NCc2cc3cnccc3o2)c1. The summed E-state index contributed by atoms with van der Waals surface area (Å²) < 4.78 is 5.83. The van der Waals surface area contributed by atoms with Crippen LogP contribution in [-0.2, 0) is 13.1 Å². The molecule has 1 aromatic carbocycles. The van der Waals surface area contributed by atoms with E-state index in [1.807, 2.05) is 18.3 Å². The summed E-state index contributed by atoms with van der Waals surface area (Å²) in [6, 6.07) is 12.6. The predicted octanol–water partition coefficient (Wildman–Crippen LogP) is 3.99. The van der Waals surface area contributed by atoms with Crippen LogP contribution >= 0.6 is 11.8 Å². The second-order valence-electron chi connectivity index (χ2n) is 6.07. The zero-order valence-corrected chi connectivity index (χ0v) is 14.4. The Hall–Kier alpha value is -1.98. The number of furan rings is 1. The van der Waals surface area contributed by atoms with Crippen molar-refractivity contribution in [2.45, 2.75) is 13.1 Å². The minimum absolute atomic E-state index is 0.679. The van der Waals surface area contributed by atoms with Crippen molar-refractivity contribution >= 4 is 28.4 Å². The standard InChI is InChI=1S/C19H21N3OS/c1-2-15(14-22-6-8-24-9-7-22)10-17(3-1)21-13-18-11-16-12-20-5-4-19(16)23-18/h1-5,10-12,21H,6-9,13-14H2. The van der Waals surface area contributed by atoms with E-state index in [4.69, 9.17) is 4.42 Å². The average molecular weight is 339 g/mol. The predicted molar refractivity (Wildman–Crippen MR) is 100 cm³/mol. The van der Waals surface area contributed by atoms with Gasteiger partial charge < -0.3 is 9.73 Å². The van der Waals surface area contributed by atoms with Crippen LogP contribution in [0, 0.1) is 0 Å². The van der Waals surface area contributed by atoms with Crippen molar-refractivity contribution in [1.29, 1.82) is 0 Å². The molecule has 1 aliphatic rings. The van der Waals surface area contributed by atoms with Crippen LogP contribution in [0.5, 0.6) is 0 Å². The molecule has 0 amide bonds. The summed E-state index contributed by atoms with van der Waals surface area (Å²) in [6.07, 6.45) is 3.59. The summed E-state index contributed by atoms with van der Waals surface area (Å²) in [5.74, 6) is 3.42. The first-order valence-electron chi connectivity index (χ1n) is 8.32. The van der Waals surface area contributed by atoms with E-state index in [9.17, 15) is 0 Å². The Bertz CT molecular complexity index is 778. The van der Waals surface area contributed by atoms with E-state index in [1.54, 1.807) is 6.20 Å². The van der Waals surface area contributed by atoms with Crippen LogP contribution < -0.4 is 5.32 Å². The highest BCUT2D eigenvalue weighted by molar-refractivity contribution is 7.99. The van der Waals surface area contributed by atoms with Gasteiger partial charge in [0, 0.05) is 54.6 Å². The van der Waals surface area contributed by atoms with Gasteiger partial charge in [-0.05, 0) is 29.8 Å². The van der Waals surface area contributed by atoms with Gasteiger partial charge in [0.25, 0.3) is 0 Å². The Kier molecular flexibility index (Phi) is 4.71. The lowest BCUT2D eigenvalue weighted by atomic mass is 10.2. The molecule has 3 heterocycles. The van der Waals surface area contributed by atoms with E-state index in [1.165, 1.54) is 30.2 Å². The van der Waals surface area contributed by atoms with E-state index in [0.29, 0.717) is 6.54 Å². The first kappa shape index (κ1) is 15.5. The molecule has 2 aromatic heterocycles. The van der Waals surface area contributed by atoms with Crippen LogP contribution in [0.3, 0.4) is 0 Å². The van der Waals surface area contributed by atoms with Crippen molar-refractivity contribution in [1.82, 2.24) is 9.88 Å². The highest BCUT2D eigenvalue weighted by atomic mass is 32.2. The fourth-order valence-electron chi connectivity index (χ4n) is 3.01. The minimum Gasteiger partial charge on any atom is -0.459 e. The van der Waals surface area contributed by atoms with Gasteiger partial charge in [-0.15, -0.1) is 0 Å². The van der Waals surface area contributed by atoms with E-state index in [2.05, 4.69) is 51.2 Å². The molecule has 124 valence electrons. The third-order valence-electron chi connectivity index (χ3n) is 4.27. The van der Waals surface area contributed by atoms with Crippen LogP contribution in [-0.4, -0.2) is 34.5 Å². The first-order valence-corrected chi connectivity index (χ1v) is 9.48. The number of hydrogen-bond acceptors (Lipinski definition) is 5. The smallest absolute Gasteiger partial charge is 0.137 e. The van der Waals surface area contributed by atoms with Crippen molar-refractivity contribution < 1.29 is 4.42 Å². The summed E-state index contributed by atoms with van der Waals surface area (Å²) in [4.78, 5) is 6.65. The Morgan fingerprint density at radius 2 is 2.08 bits per heavy atom. The van der Waals surface area contributed by atoms with Gasteiger partial charge in [-0.2, -0.15) is 11.8 Å². The molecule has 1 fully saturated rings. The van der Waals surface area contributed by atoms with Crippen LogP contribution in [0.25, 0.3) is 11.0 Å². The molecule has 3 aromatic rings. The molecule has 1 saturated heterocycles. The summed E-state index contributed by atoms with van der Waals surface area (Å²) in [6.45, 7) is 4.09. The molecule has 0 aliphatic carbocycles. The Labute approximate surface area is 146 Å². The summed E-state index contributed by atoms with van der Waals surface area (Å²) in [5.41, 5.74) is 3.39. The summed E-state index contributed by atoms with van der Waals surface area (Å²) >= 11 is 2.05. The number of nitrogens with one attached hydrogen (secondary N) is 1. The molecular formula is C19H21N3OS. The molecule has 4 rings (SSSR count).